The maximum Gasteiger partial charge on any atom is 0.240 e. The summed E-state index contributed by atoms with van der Waals surface area (Å²) in [5, 5.41) is 3.56. The summed E-state index contributed by atoms with van der Waals surface area (Å²) in [4.78, 5) is 19.2. The Kier molecular flexibility index (Phi) is 6.18. The highest BCUT2D eigenvalue weighted by atomic mass is 16.2. The van der Waals surface area contributed by atoms with Crippen LogP contribution in [0.25, 0.3) is 0 Å². The highest BCUT2D eigenvalue weighted by molar-refractivity contribution is 5.82. The second-order valence-electron chi connectivity index (χ2n) is 6.80. The summed E-state index contributed by atoms with van der Waals surface area (Å²) in [6.45, 7) is 3.88. The molecule has 0 aliphatic carbocycles. The monoisotopic (exact) mass is 337 g/mol. The van der Waals surface area contributed by atoms with Gasteiger partial charge in [0.1, 0.15) is 0 Å². The van der Waals surface area contributed by atoms with Crippen molar-refractivity contribution in [3.63, 3.8) is 0 Å². The van der Waals surface area contributed by atoms with Crippen LogP contribution < -0.4 is 5.32 Å². The van der Waals surface area contributed by atoms with Gasteiger partial charge in [0.2, 0.25) is 5.91 Å². The average Bonchev–Trinajstić information content (AvgIpc) is 2.69. The van der Waals surface area contributed by atoms with E-state index in [2.05, 4.69) is 29.4 Å². The van der Waals surface area contributed by atoms with Crippen LogP contribution >= 0.6 is 0 Å². The number of hydrogen-bond acceptors (Lipinski definition) is 3. The number of pyridine rings is 1. The van der Waals surface area contributed by atoms with E-state index >= 15 is 0 Å². The topological polar surface area (TPSA) is 45.2 Å². The molecule has 0 radical (unpaired) electrons. The van der Waals surface area contributed by atoms with E-state index < -0.39 is 0 Å². The highest BCUT2D eigenvalue weighted by Gasteiger charge is 2.27. The minimum absolute atomic E-state index is 0.102. The Balaban J connectivity index is 1.74. The van der Waals surface area contributed by atoms with Gasteiger partial charge in [0.15, 0.2) is 0 Å². The van der Waals surface area contributed by atoms with Crippen molar-refractivity contribution in [1.82, 2.24) is 15.2 Å². The summed E-state index contributed by atoms with van der Waals surface area (Å²) in [6.07, 6.45) is 7.77. The Hall–Kier alpha value is -2.20. The van der Waals surface area contributed by atoms with Crippen molar-refractivity contribution in [2.75, 3.05) is 13.1 Å². The van der Waals surface area contributed by atoms with Crippen molar-refractivity contribution >= 4 is 5.91 Å². The molecular formula is C21H27N3O. The minimum atomic E-state index is -0.205. The molecule has 1 aliphatic rings. The third-order valence-electron chi connectivity index (χ3n) is 4.91. The molecule has 2 heterocycles. The van der Waals surface area contributed by atoms with E-state index in [4.69, 9.17) is 0 Å². The van der Waals surface area contributed by atoms with E-state index in [1.807, 2.05) is 35.2 Å². The molecule has 0 spiro atoms. The molecule has 3 rings (SSSR count). The van der Waals surface area contributed by atoms with Crippen molar-refractivity contribution in [3.05, 3.63) is 66.0 Å². The van der Waals surface area contributed by atoms with Gasteiger partial charge in [-0.05, 0) is 55.9 Å². The number of nitrogens with zero attached hydrogens (tertiary/aromatic N) is 2. The predicted molar refractivity (Wildman–Crippen MR) is 100 cm³/mol. The lowest BCUT2D eigenvalue weighted by atomic mass is 10.0. The Bertz CT molecular complexity index is 653. The summed E-state index contributed by atoms with van der Waals surface area (Å²) >= 11 is 0. The molecule has 1 saturated heterocycles. The third-order valence-corrected chi connectivity index (χ3v) is 4.91. The molecule has 1 fully saturated rings. The highest BCUT2D eigenvalue weighted by Crippen LogP contribution is 2.17. The summed E-state index contributed by atoms with van der Waals surface area (Å²) in [7, 11) is 0. The van der Waals surface area contributed by atoms with E-state index in [0.717, 1.165) is 31.5 Å². The Morgan fingerprint density at radius 1 is 1.08 bits per heavy atom. The largest absolute Gasteiger partial charge is 0.341 e. The first-order valence-corrected chi connectivity index (χ1v) is 9.23. The van der Waals surface area contributed by atoms with Gasteiger partial charge in [-0.1, -0.05) is 30.3 Å². The van der Waals surface area contributed by atoms with Crippen molar-refractivity contribution in [1.29, 1.82) is 0 Å². The van der Waals surface area contributed by atoms with Crippen LogP contribution in [0.5, 0.6) is 0 Å². The molecule has 25 heavy (non-hydrogen) atoms. The molecule has 4 nitrogen and oxygen atoms in total. The van der Waals surface area contributed by atoms with Crippen molar-refractivity contribution in [3.8, 4) is 0 Å². The van der Waals surface area contributed by atoms with Crippen LogP contribution in [0.4, 0.5) is 0 Å². The van der Waals surface area contributed by atoms with Gasteiger partial charge in [-0.25, -0.2) is 0 Å². The van der Waals surface area contributed by atoms with Crippen LogP contribution in [-0.4, -0.2) is 34.9 Å². The zero-order valence-corrected chi connectivity index (χ0v) is 14.9. The van der Waals surface area contributed by atoms with Gasteiger partial charge in [0.05, 0.1) is 6.04 Å². The Labute approximate surface area is 150 Å². The van der Waals surface area contributed by atoms with E-state index in [0.29, 0.717) is 6.42 Å². The summed E-state index contributed by atoms with van der Waals surface area (Å²) in [5.41, 5.74) is 2.34. The number of rotatable bonds is 6. The van der Waals surface area contributed by atoms with Crippen LogP contribution in [-0.2, 0) is 11.2 Å². The molecule has 0 saturated carbocycles. The van der Waals surface area contributed by atoms with Gasteiger partial charge < -0.3 is 4.90 Å². The fourth-order valence-electron chi connectivity index (χ4n) is 3.45. The van der Waals surface area contributed by atoms with Crippen molar-refractivity contribution in [2.24, 2.45) is 0 Å². The molecule has 1 aromatic heterocycles. The van der Waals surface area contributed by atoms with Crippen molar-refractivity contribution in [2.45, 2.75) is 44.7 Å². The number of amides is 1. The Morgan fingerprint density at radius 2 is 1.76 bits per heavy atom. The number of piperidine rings is 1. The summed E-state index contributed by atoms with van der Waals surface area (Å²) in [5.74, 6) is 0.226. The van der Waals surface area contributed by atoms with Crippen LogP contribution in [0.2, 0.25) is 0 Å². The minimum Gasteiger partial charge on any atom is -0.341 e. The van der Waals surface area contributed by atoms with Gasteiger partial charge in [-0.15, -0.1) is 0 Å². The lowest BCUT2D eigenvalue weighted by Gasteiger charge is -2.32. The first-order chi connectivity index (χ1) is 12.2. The molecule has 0 unspecified atom stereocenters. The number of likely N-dealkylation sites (tertiary alicyclic amines) is 1. The third kappa shape index (κ3) is 4.89. The zero-order chi connectivity index (χ0) is 17.5. The first-order valence-electron chi connectivity index (χ1n) is 9.23. The molecule has 2 atom stereocenters. The fourth-order valence-corrected chi connectivity index (χ4v) is 3.45. The number of hydrogen-bond donors (Lipinski definition) is 1. The normalized spacial score (nSPS) is 17.1. The molecule has 1 amide bonds. The lowest BCUT2D eigenvalue weighted by molar-refractivity contribution is -0.134. The van der Waals surface area contributed by atoms with Crippen LogP contribution in [0, 0.1) is 0 Å². The molecule has 132 valence electrons. The quantitative estimate of drug-likeness (QED) is 0.879. The molecule has 4 heteroatoms. The SMILES string of the molecule is C[C@@H](N[C@H](Cc1ccccc1)C(=O)N1CCCCC1)c1ccncc1. The number of benzene rings is 1. The second kappa shape index (κ2) is 8.77. The van der Waals surface area contributed by atoms with Crippen LogP contribution in [0.1, 0.15) is 43.4 Å². The van der Waals surface area contributed by atoms with Crippen molar-refractivity contribution < 1.29 is 4.79 Å². The van der Waals surface area contributed by atoms with E-state index in [1.165, 1.54) is 12.0 Å². The molecular weight excluding hydrogens is 310 g/mol. The Morgan fingerprint density at radius 3 is 2.44 bits per heavy atom. The molecule has 1 aromatic carbocycles. The first kappa shape index (κ1) is 17.6. The smallest absolute Gasteiger partial charge is 0.240 e. The number of carbonyl (C=O) groups excluding carboxylic acids is 1. The average molecular weight is 337 g/mol. The molecule has 1 aliphatic heterocycles. The van der Waals surface area contributed by atoms with Crippen LogP contribution in [0.3, 0.4) is 0 Å². The van der Waals surface area contributed by atoms with Crippen LogP contribution in [0.15, 0.2) is 54.9 Å². The lowest BCUT2D eigenvalue weighted by Crippen LogP contribution is -2.49. The zero-order valence-electron chi connectivity index (χ0n) is 14.9. The standard InChI is InChI=1S/C21H27N3O/c1-17(19-10-12-22-13-11-19)23-20(16-18-8-4-2-5-9-18)21(25)24-14-6-3-7-15-24/h2,4-5,8-13,17,20,23H,3,6-7,14-16H2,1H3/t17-,20-/m1/s1. The van der Waals surface area contributed by atoms with E-state index in [1.54, 1.807) is 12.4 Å². The maximum absolute atomic E-state index is 13.1. The van der Waals surface area contributed by atoms with E-state index in [9.17, 15) is 4.79 Å². The predicted octanol–water partition coefficient (Wildman–Crippen LogP) is 3.36. The van der Waals surface area contributed by atoms with Gasteiger partial charge in [0, 0.05) is 31.5 Å². The van der Waals surface area contributed by atoms with Gasteiger partial charge in [-0.3, -0.25) is 15.1 Å². The second-order valence-corrected chi connectivity index (χ2v) is 6.80. The summed E-state index contributed by atoms with van der Waals surface area (Å²) in [6, 6.07) is 14.2. The number of carbonyl (C=O) groups is 1. The molecule has 2 aromatic rings. The van der Waals surface area contributed by atoms with E-state index in [-0.39, 0.29) is 18.0 Å². The van der Waals surface area contributed by atoms with Gasteiger partial charge >= 0.3 is 0 Å². The molecule has 0 bridgehead atoms. The maximum atomic E-state index is 13.1. The van der Waals surface area contributed by atoms with Gasteiger partial charge in [0.25, 0.3) is 0 Å². The number of nitrogens with one attached hydrogen (secondary N) is 1. The number of aromatic nitrogens is 1. The summed E-state index contributed by atoms with van der Waals surface area (Å²) < 4.78 is 0. The fraction of sp³-hybridized carbons (Fsp3) is 0.429. The molecule has 1 N–H and O–H groups in total. The van der Waals surface area contributed by atoms with Gasteiger partial charge in [-0.2, -0.15) is 0 Å².